The van der Waals surface area contributed by atoms with Crippen LogP contribution in [0.2, 0.25) is 0 Å². The number of rotatable bonds is 2. The van der Waals surface area contributed by atoms with E-state index in [1.807, 2.05) is 17.0 Å². The first-order valence-corrected chi connectivity index (χ1v) is 5.39. The molecule has 3 heteroatoms. The maximum Gasteiger partial charge on any atom is 0.246 e. The zero-order chi connectivity index (χ0) is 11.8. The molecule has 1 unspecified atom stereocenters. The highest BCUT2D eigenvalue weighted by molar-refractivity contribution is 5.88. The van der Waals surface area contributed by atoms with E-state index in [9.17, 15) is 4.79 Å². The van der Waals surface area contributed by atoms with Crippen molar-refractivity contribution in [1.82, 2.24) is 9.88 Å². The second-order valence-electron chi connectivity index (χ2n) is 4.84. The van der Waals surface area contributed by atoms with E-state index < -0.39 is 0 Å². The summed E-state index contributed by atoms with van der Waals surface area (Å²) in [5.41, 5.74) is 1.27. The van der Waals surface area contributed by atoms with Gasteiger partial charge in [-0.1, -0.05) is 20.4 Å². The zero-order valence-corrected chi connectivity index (χ0v) is 9.68. The van der Waals surface area contributed by atoms with Crippen LogP contribution in [0.1, 0.15) is 25.5 Å². The van der Waals surface area contributed by atoms with E-state index in [0.29, 0.717) is 0 Å². The standard InChI is InChI=1S/C13H16N2O/c1-4-11(16)15-9-13(2,3)12(15)10-5-7-14-8-6-10/h4-8,12H,1,9H2,2-3H3. The molecule has 3 nitrogen and oxygen atoms in total. The molecular weight excluding hydrogens is 200 g/mol. The number of likely N-dealkylation sites (tertiary alicyclic amines) is 1. The van der Waals surface area contributed by atoms with Gasteiger partial charge in [0, 0.05) is 24.4 Å². The summed E-state index contributed by atoms with van der Waals surface area (Å²) in [5.74, 6) is 0.00105. The minimum Gasteiger partial charge on any atom is -0.331 e. The molecule has 1 amide bonds. The highest BCUT2D eigenvalue weighted by atomic mass is 16.2. The van der Waals surface area contributed by atoms with Crippen LogP contribution in [0.3, 0.4) is 0 Å². The van der Waals surface area contributed by atoms with Crippen LogP contribution in [0, 0.1) is 5.41 Å². The van der Waals surface area contributed by atoms with Crippen LogP contribution in [0.15, 0.2) is 37.2 Å². The molecule has 0 spiro atoms. The van der Waals surface area contributed by atoms with Crippen LogP contribution in [-0.4, -0.2) is 22.3 Å². The lowest BCUT2D eigenvalue weighted by Gasteiger charge is -2.54. The van der Waals surface area contributed by atoms with Crippen LogP contribution in [0.4, 0.5) is 0 Å². The minimum atomic E-state index is 0.00105. The van der Waals surface area contributed by atoms with Gasteiger partial charge < -0.3 is 4.90 Å². The van der Waals surface area contributed by atoms with Crippen molar-refractivity contribution in [1.29, 1.82) is 0 Å². The maximum atomic E-state index is 11.7. The van der Waals surface area contributed by atoms with E-state index in [1.165, 1.54) is 6.08 Å². The molecule has 0 N–H and O–H groups in total. The Morgan fingerprint density at radius 1 is 1.56 bits per heavy atom. The van der Waals surface area contributed by atoms with E-state index in [2.05, 4.69) is 25.4 Å². The Bertz CT molecular complexity index is 411. The number of pyridine rings is 1. The Labute approximate surface area is 95.8 Å². The number of carbonyl (C=O) groups excluding carboxylic acids is 1. The van der Waals surface area contributed by atoms with Crippen LogP contribution >= 0.6 is 0 Å². The van der Waals surface area contributed by atoms with Gasteiger partial charge in [0.25, 0.3) is 0 Å². The summed E-state index contributed by atoms with van der Waals surface area (Å²) < 4.78 is 0. The van der Waals surface area contributed by atoms with Gasteiger partial charge in [-0.3, -0.25) is 9.78 Å². The fraction of sp³-hybridized carbons (Fsp3) is 0.385. The largest absolute Gasteiger partial charge is 0.331 e. The first-order chi connectivity index (χ1) is 7.56. The zero-order valence-electron chi connectivity index (χ0n) is 9.68. The second-order valence-corrected chi connectivity index (χ2v) is 4.84. The lowest BCUT2D eigenvalue weighted by Crippen LogP contribution is -2.57. The monoisotopic (exact) mass is 216 g/mol. The summed E-state index contributed by atoms with van der Waals surface area (Å²) in [6.45, 7) is 8.66. The van der Waals surface area contributed by atoms with E-state index in [-0.39, 0.29) is 17.4 Å². The third-order valence-electron chi connectivity index (χ3n) is 3.11. The van der Waals surface area contributed by atoms with Gasteiger partial charge in [0.05, 0.1) is 6.04 Å². The Kier molecular flexibility index (Phi) is 2.54. The van der Waals surface area contributed by atoms with Crippen LogP contribution in [0.25, 0.3) is 0 Å². The first kappa shape index (κ1) is 10.9. The quantitative estimate of drug-likeness (QED) is 0.710. The Hall–Kier alpha value is -1.64. The van der Waals surface area contributed by atoms with Gasteiger partial charge >= 0.3 is 0 Å². The van der Waals surface area contributed by atoms with Gasteiger partial charge in [-0.2, -0.15) is 0 Å². The topological polar surface area (TPSA) is 33.2 Å². The van der Waals surface area contributed by atoms with Crippen molar-refractivity contribution in [3.05, 3.63) is 42.7 Å². The van der Waals surface area contributed by atoms with E-state index >= 15 is 0 Å². The lowest BCUT2D eigenvalue weighted by atomic mass is 9.72. The average Bonchev–Trinajstić information content (AvgIpc) is 2.26. The highest BCUT2D eigenvalue weighted by Gasteiger charge is 2.47. The highest BCUT2D eigenvalue weighted by Crippen LogP contribution is 2.48. The van der Waals surface area contributed by atoms with E-state index in [4.69, 9.17) is 0 Å². The summed E-state index contributed by atoms with van der Waals surface area (Å²) >= 11 is 0. The van der Waals surface area contributed by atoms with Crippen LogP contribution < -0.4 is 0 Å². The molecule has 1 aromatic heterocycles. The smallest absolute Gasteiger partial charge is 0.246 e. The molecule has 0 aliphatic carbocycles. The molecule has 0 radical (unpaired) electrons. The average molecular weight is 216 g/mol. The van der Waals surface area contributed by atoms with Crippen molar-refractivity contribution in [2.75, 3.05) is 6.54 Å². The molecule has 84 valence electrons. The van der Waals surface area contributed by atoms with Crippen molar-refractivity contribution >= 4 is 5.91 Å². The molecule has 2 rings (SSSR count). The van der Waals surface area contributed by atoms with Crippen LogP contribution in [-0.2, 0) is 4.79 Å². The Morgan fingerprint density at radius 2 is 2.19 bits per heavy atom. The van der Waals surface area contributed by atoms with Gasteiger partial charge in [0.1, 0.15) is 0 Å². The van der Waals surface area contributed by atoms with Crippen molar-refractivity contribution in [3.63, 3.8) is 0 Å². The fourth-order valence-corrected chi connectivity index (χ4v) is 2.43. The molecule has 1 fully saturated rings. The van der Waals surface area contributed by atoms with Crippen molar-refractivity contribution in [2.45, 2.75) is 19.9 Å². The van der Waals surface area contributed by atoms with Gasteiger partial charge in [-0.25, -0.2) is 0 Å². The Morgan fingerprint density at radius 3 is 2.69 bits per heavy atom. The van der Waals surface area contributed by atoms with Gasteiger partial charge in [0.15, 0.2) is 0 Å². The van der Waals surface area contributed by atoms with Crippen molar-refractivity contribution < 1.29 is 4.79 Å². The van der Waals surface area contributed by atoms with Gasteiger partial charge in [-0.05, 0) is 23.8 Å². The number of nitrogens with zero attached hydrogens (tertiary/aromatic N) is 2. The molecule has 1 aliphatic heterocycles. The summed E-state index contributed by atoms with van der Waals surface area (Å²) in [6, 6.07) is 4.07. The van der Waals surface area contributed by atoms with Crippen molar-refractivity contribution in [2.24, 2.45) is 5.41 Å². The molecule has 1 aromatic rings. The number of aromatic nitrogens is 1. The number of amides is 1. The number of hydrogen-bond donors (Lipinski definition) is 0. The summed E-state index contributed by atoms with van der Waals surface area (Å²) in [4.78, 5) is 17.5. The lowest BCUT2D eigenvalue weighted by molar-refractivity contribution is -0.146. The summed E-state index contributed by atoms with van der Waals surface area (Å²) in [6.07, 6.45) is 4.91. The minimum absolute atomic E-state index is 0.00105. The van der Waals surface area contributed by atoms with Gasteiger partial charge in [-0.15, -0.1) is 0 Å². The molecule has 1 saturated heterocycles. The third-order valence-corrected chi connectivity index (χ3v) is 3.11. The molecule has 0 aromatic carbocycles. The Balaban J connectivity index is 2.29. The molecule has 0 saturated carbocycles. The molecule has 2 heterocycles. The second kappa shape index (κ2) is 3.74. The van der Waals surface area contributed by atoms with E-state index in [0.717, 1.165) is 12.1 Å². The maximum absolute atomic E-state index is 11.7. The predicted molar refractivity (Wildman–Crippen MR) is 62.7 cm³/mol. The fourth-order valence-electron chi connectivity index (χ4n) is 2.43. The molecule has 1 atom stereocenters. The third kappa shape index (κ3) is 1.62. The summed E-state index contributed by atoms with van der Waals surface area (Å²) in [5, 5.41) is 0. The van der Waals surface area contributed by atoms with Crippen LogP contribution in [0.5, 0.6) is 0 Å². The molecule has 0 bridgehead atoms. The first-order valence-electron chi connectivity index (χ1n) is 5.39. The predicted octanol–water partition coefficient (Wildman–Crippen LogP) is 2.18. The SMILES string of the molecule is C=CC(=O)N1CC(C)(C)C1c1ccncc1. The number of hydrogen-bond acceptors (Lipinski definition) is 2. The molecular formula is C13H16N2O. The number of carbonyl (C=O) groups is 1. The normalized spacial score (nSPS) is 22.4. The van der Waals surface area contributed by atoms with Crippen molar-refractivity contribution in [3.8, 4) is 0 Å². The van der Waals surface area contributed by atoms with Gasteiger partial charge in [0.2, 0.25) is 5.91 Å². The molecule has 16 heavy (non-hydrogen) atoms. The molecule has 1 aliphatic rings. The summed E-state index contributed by atoms with van der Waals surface area (Å²) in [7, 11) is 0. The van der Waals surface area contributed by atoms with E-state index in [1.54, 1.807) is 12.4 Å².